The number of esters is 1. The summed E-state index contributed by atoms with van der Waals surface area (Å²) in [5.74, 6) is 0.559. The summed E-state index contributed by atoms with van der Waals surface area (Å²) >= 11 is 0. The molecule has 0 heterocycles. The molecule has 4 bridgehead atoms. The lowest BCUT2D eigenvalue weighted by Gasteiger charge is -2.60. The van der Waals surface area contributed by atoms with Crippen molar-refractivity contribution in [2.45, 2.75) is 70.5 Å². The quantitative estimate of drug-likeness (QED) is 0.759. The molecule has 0 spiro atoms. The Hall–Kier alpha value is -1.10. The maximum absolute atomic E-state index is 12.3. The predicted molar refractivity (Wildman–Crippen MR) is 80.9 cm³/mol. The lowest BCUT2D eigenvalue weighted by Crippen LogP contribution is -2.56. The number of carbonyl (C=O) groups excluding carboxylic acids is 2. The van der Waals surface area contributed by atoms with E-state index < -0.39 is 11.7 Å². The highest BCUT2D eigenvalue weighted by atomic mass is 16.5. The van der Waals surface area contributed by atoms with Crippen LogP contribution < -0.4 is 5.32 Å². The predicted octanol–water partition coefficient (Wildman–Crippen LogP) is 1.78. The number of likely N-dealkylation sites (N-methyl/N-ethyl adjacent to an activating group) is 1. The Balaban J connectivity index is 1.61. The topological polar surface area (TPSA) is 75.6 Å². The van der Waals surface area contributed by atoms with Crippen LogP contribution in [0, 0.1) is 17.3 Å². The van der Waals surface area contributed by atoms with Crippen molar-refractivity contribution >= 4 is 11.9 Å². The second-order valence-electron chi connectivity index (χ2n) is 7.89. The molecule has 124 valence electrons. The van der Waals surface area contributed by atoms with E-state index in [0.29, 0.717) is 24.8 Å². The molecule has 0 unspecified atom stereocenters. The van der Waals surface area contributed by atoms with E-state index >= 15 is 0 Å². The standard InChI is InChI=1S/C17H27NO4/c1-3-18-15(20)11(2)22-14(19)9-16-5-12-4-13(6-16)8-17(21,7-12)10-16/h11-13,21H,3-10H2,1-2H3,(H,18,20)/t11-,12-,13-,16?,17?/m0/s1. The van der Waals surface area contributed by atoms with E-state index in [0.717, 1.165) is 32.1 Å². The Bertz CT molecular complexity index is 461. The van der Waals surface area contributed by atoms with E-state index in [1.165, 1.54) is 6.42 Å². The fourth-order valence-corrected chi connectivity index (χ4v) is 5.53. The van der Waals surface area contributed by atoms with Crippen molar-refractivity contribution in [3.63, 3.8) is 0 Å². The minimum atomic E-state index is -0.746. The molecule has 0 aliphatic heterocycles. The Morgan fingerprint density at radius 1 is 1.27 bits per heavy atom. The summed E-state index contributed by atoms with van der Waals surface area (Å²) in [4.78, 5) is 23.9. The third kappa shape index (κ3) is 3.00. The molecule has 0 radical (unpaired) electrons. The van der Waals surface area contributed by atoms with Gasteiger partial charge < -0.3 is 15.2 Å². The molecule has 22 heavy (non-hydrogen) atoms. The molecule has 4 saturated carbocycles. The number of aliphatic hydroxyl groups is 1. The van der Waals surface area contributed by atoms with Gasteiger partial charge >= 0.3 is 5.97 Å². The monoisotopic (exact) mass is 309 g/mol. The number of hydrogen-bond acceptors (Lipinski definition) is 4. The molecule has 4 aliphatic carbocycles. The van der Waals surface area contributed by atoms with Crippen LogP contribution in [0.4, 0.5) is 0 Å². The van der Waals surface area contributed by atoms with Gasteiger partial charge in [-0.2, -0.15) is 0 Å². The number of amides is 1. The zero-order chi connectivity index (χ0) is 16.0. The summed E-state index contributed by atoms with van der Waals surface area (Å²) in [5, 5.41) is 13.4. The normalized spacial score (nSPS) is 40.3. The smallest absolute Gasteiger partial charge is 0.307 e. The number of hydrogen-bond donors (Lipinski definition) is 2. The average Bonchev–Trinajstić information content (AvgIpc) is 2.34. The molecule has 3 atom stereocenters. The molecule has 0 aromatic rings. The lowest BCUT2D eigenvalue weighted by molar-refractivity contribution is -0.180. The largest absolute Gasteiger partial charge is 0.453 e. The van der Waals surface area contributed by atoms with Crippen LogP contribution in [0.1, 0.15) is 58.8 Å². The first-order valence-electron chi connectivity index (χ1n) is 8.53. The van der Waals surface area contributed by atoms with Crippen molar-refractivity contribution in [3.05, 3.63) is 0 Å². The van der Waals surface area contributed by atoms with Crippen LogP contribution in [-0.4, -0.2) is 35.2 Å². The molecule has 0 saturated heterocycles. The summed E-state index contributed by atoms with van der Waals surface area (Å²) in [7, 11) is 0. The van der Waals surface area contributed by atoms with Crippen LogP contribution >= 0.6 is 0 Å². The number of rotatable bonds is 5. The van der Waals surface area contributed by atoms with Crippen molar-refractivity contribution in [2.75, 3.05) is 6.54 Å². The molecule has 5 heteroatoms. The van der Waals surface area contributed by atoms with Gasteiger partial charge in [0.25, 0.3) is 5.91 Å². The summed E-state index contributed by atoms with van der Waals surface area (Å²) in [5.41, 5.74) is -0.660. The fraction of sp³-hybridized carbons (Fsp3) is 0.882. The second kappa shape index (κ2) is 5.52. The van der Waals surface area contributed by atoms with E-state index in [1.54, 1.807) is 6.92 Å². The Kier molecular flexibility index (Phi) is 3.96. The van der Waals surface area contributed by atoms with Crippen molar-refractivity contribution in [2.24, 2.45) is 17.3 Å². The minimum absolute atomic E-state index is 0.100. The summed E-state index contributed by atoms with van der Waals surface area (Å²) in [6, 6.07) is 0. The van der Waals surface area contributed by atoms with Crippen LogP contribution in [0.15, 0.2) is 0 Å². The molecule has 1 amide bonds. The Morgan fingerprint density at radius 2 is 1.91 bits per heavy atom. The van der Waals surface area contributed by atoms with E-state index in [2.05, 4.69) is 5.32 Å². The van der Waals surface area contributed by atoms with Crippen molar-refractivity contribution in [1.82, 2.24) is 5.32 Å². The second-order valence-corrected chi connectivity index (χ2v) is 7.89. The third-order valence-electron chi connectivity index (χ3n) is 5.70. The molecule has 4 fully saturated rings. The highest BCUT2D eigenvalue weighted by molar-refractivity contribution is 5.83. The van der Waals surface area contributed by atoms with Gasteiger partial charge in [-0.15, -0.1) is 0 Å². The van der Waals surface area contributed by atoms with Gasteiger partial charge in [-0.3, -0.25) is 9.59 Å². The number of carbonyl (C=O) groups is 2. The lowest BCUT2D eigenvalue weighted by atomic mass is 9.47. The first-order valence-corrected chi connectivity index (χ1v) is 8.53. The van der Waals surface area contributed by atoms with Crippen LogP contribution in [0.5, 0.6) is 0 Å². The maximum atomic E-state index is 12.3. The number of ether oxygens (including phenoxy) is 1. The zero-order valence-corrected chi connectivity index (χ0v) is 13.6. The van der Waals surface area contributed by atoms with Gasteiger partial charge in [0.2, 0.25) is 0 Å². The van der Waals surface area contributed by atoms with Gasteiger partial charge in [-0.25, -0.2) is 0 Å². The SMILES string of the molecule is CCNC(=O)[C@H](C)OC(=O)CC12C[C@@H]3C[C@H](CC(O)(C3)C1)C2. The molecular formula is C17H27NO4. The van der Waals surface area contributed by atoms with Gasteiger partial charge in [-0.1, -0.05) is 0 Å². The molecule has 4 rings (SSSR count). The molecule has 0 aromatic carbocycles. The average molecular weight is 309 g/mol. The molecule has 4 aliphatic rings. The van der Waals surface area contributed by atoms with Gasteiger partial charge in [0.1, 0.15) is 0 Å². The van der Waals surface area contributed by atoms with Crippen molar-refractivity contribution in [3.8, 4) is 0 Å². The summed E-state index contributed by atoms with van der Waals surface area (Å²) in [6.07, 6.45) is 5.36. The first-order chi connectivity index (χ1) is 10.3. The molecule has 0 aromatic heterocycles. The molecule has 5 nitrogen and oxygen atoms in total. The van der Waals surface area contributed by atoms with E-state index in [9.17, 15) is 14.7 Å². The zero-order valence-electron chi connectivity index (χ0n) is 13.6. The Morgan fingerprint density at radius 3 is 2.45 bits per heavy atom. The number of nitrogens with one attached hydrogen (secondary N) is 1. The van der Waals surface area contributed by atoms with Crippen LogP contribution in [0.2, 0.25) is 0 Å². The van der Waals surface area contributed by atoms with E-state index in [1.807, 2.05) is 6.92 Å². The van der Waals surface area contributed by atoms with Crippen molar-refractivity contribution < 1.29 is 19.4 Å². The third-order valence-corrected chi connectivity index (χ3v) is 5.70. The highest BCUT2D eigenvalue weighted by Gasteiger charge is 2.57. The van der Waals surface area contributed by atoms with Crippen LogP contribution in [-0.2, 0) is 14.3 Å². The van der Waals surface area contributed by atoms with Gasteiger partial charge in [-0.05, 0) is 69.6 Å². The maximum Gasteiger partial charge on any atom is 0.307 e. The van der Waals surface area contributed by atoms with Crippen LogP contribution in [0.25, 0.3) is 0 Å². The summed E-state index contributed by atoms with van der Waals surface area (Å²) in [6.45, 7) is 3.97. The van der Waals surface area contributed by atoms with E-state index in [-0.39, 0.29) is 17.3 Å². The first kappa shape index (κ1) is 15.8. The fourth-order valence-electron chi connectivity index (χ4n) is 5.53. The minimum Gasteiger partial charge on any atom is -0.453 e. The van der Waals surface area contributed by atoms with Crippen molar-refractivity contribution in [1.29, 1.82) is 0 Å². The van der Waals surface area contributed by atoms with E-state index in [4.69, 9.17) is 4.74 Å². The van der Waals surface area contributed by atoms with Gasteiger partial charge in [0.15, 0.2) is 6.10 Å². The van der Waals surface area contributed by atoms with Gasteiger partial charge in [0, 0.05) is 6.54 Å². The summed E-state index contributed by atoms with van der Waals surface area (Å²) < 4.78 is 5.30. The highest BCUT2D eigenvalue weighted by Crippen LogP contribution is 2.62. The van der Waals surface area contributed by atoms with Gasteiger partial charge in [0.05, 0.1) is 12.0 Å². The molecule has 2 N–H and O–H groups in total. The van der Waals surface area contributed by atoms with Crippen LogP contribution in [0.3, 0.4) is 0 Å². The molecular weight excluding hydrogens is 282 g/mol. The Labute approximate surface area is 131 Å².